The molecule has 41 heavy (non-hydrogen) atoms. The van der Waals surface area contributed by atoms with E-state index in [2.05, 4.69) is 10.1 Å². The highest BCUT2D eigenvalue weighted by Crippen LogP contribution is 2.41. The fourth-order valence-electron chi connectivity index (χ4n) is 4.86. The van der Waals surface area contributed by atoms with Crippen molar-refractivity contribution < 1.29 is 46.1 Å². The predicted molar refractivity (Wildman–Crippen MR) is 139 cm³/mol. The topological polar surface area (TPSA) is 103 Å². The van der Waals surface area contributed by atoms with E-state index in [1.807, 2.05) is 0 Å². The summed E-state index contributed by atoms with van der Waals surface area (Å²) in [6.45, 7) is -3.28. The van der Waals surface area contributed by atoms with E-state index in [1.165, 1.54) is 36.4 Å². The minimum atomic E-state index is -3.28. The predicted octanol–water partition coefficient (Wildman–Crippen LogP) is 7.02. The lowest BCUT2D eigenvalue weighted by Gasteiger charge is -2.30. The molecule has 0 radical (unpaired) electrons. The Balaban J connectivity index is 1.68. The summed E-state index contributed by atoms with van der Waals surface area (Å²) in [7, 11) is 0. The van der Waals surface area contributed by atoms with Crippen LogP contribution in [0.15, 0.2) is 54.7 Å². The molecule has 1 heterocycles. The van der Waals surface area contributed by atoms with Gasteiger partial charge in [0.2, 0.25) is 17.5 Å². The number of benzene rings is 2. The summed E-state index contributed by atoms with van der Waals surface area (Å²) in [6.07, 6.45) is 0.466. The Hall–Kier alpha value is -3.93. The molecule has 1 aliphatic rings. The van der Waals surface area contributed by atoms with E-state index in [1.54, 1.807) is 0 Å². The molecule has 1 atom stereocenters. The molecule has 1 fully saturated rings. The van der Waals surface area contributed by atoms with Crippen molar-refractivity contribution in [1.29, 1.82) is 0 Å². The highest BCUT2D eigenvalue weighted by atomic mass is 35.5. The highest BCUT2D eigenvalue weighted by Gasteiger charge is 2.38. The van der Waals surface area contributed by atoms with Crippen LogP contribution in [0.3, 0.4) is 0 Å². The Labute approximate surface area is 236 Å². The molecular formula is C28H24ClF5N2O5. The second kappa shape index (κ2) is 12.3. The van der Waals surface area contributed by atoms with Gasteiger partial charge >= 0.3 is 12.6 Å². The van der Waals surface area contributed by atoms with Crippen LogP contribution in [0.4, 0.5) is 27.6 Å². The van der Waals surface area contributed by atoms with Crippen LogP contribution in [0, 0.1) is 16.9 Å². The lowest BCUT2D eigenvalue weighted by Crippen LogP contribution is -2.38. The van der Waals surface area contributed by atoms with Gasteiger partial charge in [-0.25, -0.2) is 18.0 Å². The van der Waals surface area contributed by atoms with Gasteiger partial charge in [0.1, 0.15) is 11.7 Å². The Bertz CT molecular complexity index is 1430. The first-order valence-electron chi connectivity index (χ1n) is 12.5. The van der Waals surface area contributed by atoms with Gasteiger partial charge in [-0.2, -0.15) is 13.5 Å². The third kappa shape index (κ3) is 7.24. The van der Waals surface area contributed by atoms with Crippen molar-refractivity contribution in [3.8, 4) is 16.9 Å². The zero-order valence-electron chi connectivity index (χ0n) is 21.3. The Morgan fingerprint density at radius 1 is 1.10 bits per heavy atom. The van der Waals surface area contributed by atoms with Crippen molar-refractivity contribution >= 4 is 29.2 Å². The van der Waals surface area contributed by atoms with Gasteiger partial charge in [-0.1, -0.05) is 11.6 Å². The minimum Gasteiger partial charge on any atom is -0.618 e. The number of anilines is 1. The van der Waals surface area contributed by atoms with E-state index in [-0.39, 0.29) is 65.3 Å². The molecule has 7 nitrogen and oxygen atoms in total. The normalized spacial score (nSPS) is 15.9. The van der Waals surface area contributed by atoms with Gasteiger partial charge in [-0.3, -0.25) is 4.79 Å². The summed E-state index contributed by atoms with van der Waals surface area (Å²) >= 11 is 5.83. The molecule has 218 valence electrons. The van der Waals surface area contributed by atoms with Crippen LogP contribution in [-0.2, 0) is 4.79 Å². The van der Waals surface area contributed by atoms with Crippen molar-refractivity contribution in [2.24, 2.45) is 5.92 Å². The molecular weight excluding hydrogens is 575 g/mol. The monoisotopic (exact) mass is 598 g/mol. The van der Waals surface area contributed by atoms with E-state index in [0.29, 0.717) is 0 Å². The Morgan fingerprint density at radius 3 is 2.34 bits per heavy atom. The summed E-state index contributed by atoms with van der Waals surface area (Å²) in [4.78, 5) is 24.5. The third-order valence-electron chi connectivity index (χ3n) is 6.98. The van der Waals surface area contributed by atoms with E-state index >= 15 is 0 Å². The second-order valence-electron chi connectivity index (χ2n) is 9.74. The molecule has 0 aliphatic heterocycles. The quantitative estimate of drug-likeness (QED) is 0.157. The van der Waals surface area contributed by atoms with Crippen LogP contribution < -0.4 is 14.8 Å². The number of carboxylic acids is 1. The first-order valence-corrected chi connectivity index (χ1v) is 12.9. The first-order chi connectivity index (χ1) is 19.3. The number of amides is 1. The van der Waals surface area contributed by atoms with Gasteiger partial charge in [-0.15, -0.1) is 0 Å². The number of aromatic carboxylic acids is 1. The number of aromatic nitrogens is 1. The number of pyridine rings is 1. The number of carbonyl (C=O) groups is 2. The fourth-order valence-corrected chi connectivity index (χ4v) is 5.02. The molecule has 1 saturated carbocycles. The number of hydrogen-bond donors (Lipinski definition) is 2. The maximum Gasteiger partial charge on any atom is 0.387 e. The molecule has 0 bridgehead atoms. The Kier molecular flexibility index (Phi) is 9.01. The molecule has 2 aromatic carbocycles. The lowest BCUT2D eigenvalue weighted by atomic mass is 9.80. The molecule has 2 N–H and O–H groups in total. The molecule has 1 aliphatic carbocycles. The number of halogens is 6. The number of nitrogens with zero attached hydrogens (tertiary/aromatic N) is 1. The zero-order chi connectivity index (χ0) is 29.9. The van der Waals surface area contributed by atoms with Gasteiger partial charge < -0.3 is 20.4 Å². The van der Waals surface area contributed by atoms with Crippen LogP contribution in [0.1, 0.15) is 54.1 Å². The van der Waals surface area contributed by atoms with Gasteiger partial charge in [0.05, 0.1) is 21.7 Å². The summed E-state index contributed by atoms with van der Waals surface area (Å²) in [5, 5.41) is 24.5. The Morgan fingerprint density at radius 2 is 1.76 bits per heavy atom. The maximum atomic E-state index is 14.9. The average molecular weight is 599 g/mol. The smallest absolute Gasteiger partial charge is 0.387 e. The van der Waals surface area contributed by atoms with Gasteiger partial charge in [0.25, 0.3) is 0 Å². The van der Waals surface area contributed by atoms with Crippen molar-refractivity contribution in [2.45, 2.75) is 50.6 Å². The minimum absolute atomic E-state index is 0.0147. The molecule has 0 spiro atoms. The fraction of sp³-hybridized carbons (Fsp3) is 0.321. The first kappa shape index (κ1) is 30.0. The van der Waals surface area contributed by atoms with Crippen LogP contribution in [0.2, 0.25) is 5.02 Å². The molecule has 1 amide bonds. The van der Waals surface area contributed by atoms with Crippen molar-refractivity contribution in [1.82, 2.24) is 0 Å². The van der Waals surface area contributed by atoms with Crippen LogP contribution in [0.5, 0.6) is 5.75 Å². The van der Waals surface area contributed by atoms with Gasteiger partial charge in [0.15, 0.2) is 12.0 Å². The standard InChI is InChI=1S/C28H24ClF5N2O5/c29-20-6-8-22(41-27(31)32)23(24(20)30)17-3-7-21(36(40)14-17)19(13-15-9-11-28(33,34)12-10-15)25(37)35-18-4-1-16(2-5-18)26(38)39/h1-8,14-15,19,27H,9-13H2,(H,35,37)(H,38,39). The molecule has 1 unspecified atom stereocenters. The van der Waals surface area contributed by atoms with Crippen LogP contribution >= 0.6 is 11.6 Å². The summed E-state index contributed by atoms with van der Waals surface area (Å²) in [6, 6.07) is 9.79. The third-order valence-corrected chi connectivity index (χ3v) is 7.28. The van der Waals surface area contributed by atoms with Crippen LogP contribution in [0.25, 0.3) is 11.1 Å². The molecule has 13 heteroatoms. The molecule has 3 aromatic rings. The lowest BCUT2D eigenvalue weighted by molar-refractivity contribution is -0.614. The summed E-state index contributed by atoms with van der Waals surface area (Å²) < 4.78 is 72.9. The van der Waals surface area contributed by atoms with Crippen molar-refractivity contribution in [3.63, 3.8) is 0 Å². The van der Waals surface area contributed by atoms with Crippen LogP contribution in [-0.4, -0.2) is 29.5 Å². The molecule has 4 rings (SSSR count). The number of alkyl halides is 4. The SMILES string of the molecule is O=C(O)c1ccc(NC(=O)C(CC2CCC(F)(F)CC2)c2ccc(-c3c(OC(F)F)ccc(Cl)c3F)c[n+]2[O-])cc1. The summed E-state index contributed by atoms with van der Waals surface area (Å²) in [5.74, 6) is -7.73. The van der Waals surface area contributed by atoms with E-state index in [4.69, 9.17) is 16.7 Å². The number of ether oxygens (including phenoxy) is 1. The van der Waals surface area contributed by atoms with Gasteiger partial charge in [0, 0.05) is 24.6 Å². The number of carbonyl (C=O) groups excluding carboxylic acids is 1. The summed E-state index contributed by atoms with van der Waals surface area (Å²) in [5.41, 5.74) is -0.504. The second-order valence-corrected chi connectivity index (χ2v) is 10.1. The number of hydrogen-bond acceptors (Lipinski definition) is 4. The van der Waals surface area contributed by atoms with Crippen molar-refractivity contribution in [3.05, 3.63) is 82.0 Å². The highest BCUT2D eigenvalue weighted by molar-refractivity contribution is 6.31. The molecule has 0 saturated heterocycles. The maximum absolute atomic E-state index is 14.9. The average Bonchev–Trinajstić information content (AvgIpc) is 2.90. The van der Waals surface area contributed by atoms with Crippen molar-refractivity contribution in [2.75, 3.05) is 5.32 Å². The zero-order valence-corrected chi connectivity index (χ0v) is 22.0. The number of nitrogens with one attached hydrogen (secondary N) is 1. The molecule has 1 aromatic heterocycles. The largest absolute Gasteiger partial charge is 0.618 e. The van der Waals surface area contributed by atoms with E-state index in [0.717, 1.165) is 18.3 Å². The number of carboxylic acid groups (broad SMARTS) is 1. The van der Waals surface area contributed by atoms with Gasteiger partial charge in [-0.05, 0) is 67.6 Å². The van der Waals surface area contributed by atoms with E-state index < -0.39 is 52.5 Å². The number of rotatable bonds is 9. The van der Waals surface area contributed by atoms with E-state index in [9.17, 15) is 36.7 Å².